The molecule has 0 radical (unpaired) electrons. The molecule has 23 nitrogen and oxygen atoms in total. The van der Waals surface area contributed by atoms with Gasteiger partial charge in [0.25, 0.3) is 0 Å². The summed E-state index contributed by atoms with van der Waals surface area (Å²) in [5.41, 5.74) is 6.13. The van der Waals surface area contributed by atoms with Crippen LogP contribution in [-0.2, 0) is 77.3 Å². The lowest BCUT2D eigenvalue weighted by molar-refractivity contribution is -0.296. The summed E-state index contributed by atoms with van der Waals surface area (Å²) in [5.74, 6) is -3.94. The van der Waals surface area contributed by atoms with Crippen LogP contribution >= 0.6 is 14.5 Å². The maximum atomic E-state index is 16.1. The number of anilines is 1. The summed E-state index contributed by atoms with van der Waals surface area (Å²) in [7, 11) is -5.76. The summed E-state index contributed by atoms with van der Waals surface area (Å²) in [6.45, 7) is -1.82. The van der Waals surface area contributed by atoms with Gasteiger partial charge in [-0.1, -0.05) is 71.1 Å². The van der Waals surface area contributed by atoms with E-state index in [2.05, 4.69) is 21.9 Å². The minimum absolute atomic E-state index is 0.0279. The summed E-state index contributed by atoms with van der Waals surface area (Å²) < 4.78 is 78.0. The Balaban J connectivity index is 1.40. The molecular weight excluding hydrogens is 915 g/mol. The van der Waals surface area contributed by atoms with E-state index in [4.69, 9.17) is 59.3 Å². The Morgan fingerprint density at radius 2 is 1.44 bits per heavy atom. The Hall–Kier alpha value is -3.32. The number of imidazole rings is 1. The van der Waals surface area contributed by atoms with Crippen LogP contribution in [0.3, 0.4) is 0 Å². The normalized spacial score (nSPS) is 27.0. The average Bonchev–Trinajstić information content (AvgIpc) is 3.76. The van der Waals surface area contributed by atoms with Crippen molar-refractivity contribution in [1.82, 2.24) is 19.5 Å². The van der Waals surface area contributed by atoms with Crippen molar-refractivity contribution in [2.75, 3.05) is 18.9 Å². The highest BCUT2D eigenvalue weighted by Gasteiger charge is 2.57. The highest BCUT2D eigenvalue weighted by atomic mass is 32.5. The van der Waals surface area contributed by atoms with Crippen LogP contribution in [0.25, 0.3) is 11.2 Å². The van der Waals surface area contributed by atoms with Crippen LogP contribution in [0.2, 0.25) is 0 Å². The number of alkyl halides is 1. The SMILES string of the molecule is CCCCCCCCCCCCCC(=O)OC[C@H](F)C1OC(OP(=O)(O)OP(O)(=S)OC[C@H]2O[C@@H](n3cnc4c(N)ncnc43)[C@H](O)[C@H]2O)C(OC(C)=O)C(OC(C)=O)C1OC(C)=O. The van der Waals surface area contributed by atoms with Crippen molar-refractivity contribution < 1.29 is 89.9 Å². The lowest BCUT2D eigenvalue weighted by Crippen LogP contribution is -2.64. The van der Waals surface area contributed by atoms with Crippen LogP contribution in [-0.4, -0.2) is 132 Å². The molecule has 4 rings (SSSR count). The molecule has 12 atom stereocenters. The number of unbranched alkanes of at least 4 members (excludes halogenated alkanes) is 10. The monoisotopic (exact) mass is 973 g/mol. The first-order valence-electron chi connectivity index (χ1n) is 20.8. The zero-order valence-corrected chi connectivity index (χ0v) is 38.5. The largest absolute Gasteiger partial charge is 0.481 e. The van der Waals surface area contributed by atoms with Crippen LogP contribution in [0.15, 0.2) is 12.7 Å². The van der Waals surface area contributed by atoms with Gasteiger partial charge in [0.15, 0.2) is 42.2 Å². The van der Waals surface area contributed by atoms with E-state index in [9.17, 15) is 43.7 Å². The summed E-state index contributed by atoms with van der Waals surface area (Å²) in [6.07, 6.45) is -5.07. The molecule has 27 heteroatoms. The topological polar surface area (TPSA) is 319 Å². The molecule has 0 saturated carbocycles. The van der Waals surface area contributed by atoms with Crippen molar-refractivity contribution in [1.29, 1.82) is 0 Å². The Morgan fingerprint density at radius 1 is 0.859 bits per heavy atom. The predicted molar refractivity (Wildman–Crippen MR) is 222 cm³/mol. The van der Waals surface area contributed by atoms with E-state index in [0.29, 0.717) is 6.42 Å². The molecule has 2 saturated heterocycles. The fourth-order valence-corrected chi connectivity index (χ4v) is 10.2. The van der Waals surface area contributed by atoms with Gasteiger partial charge in [0.05, 0.1) is 12.9 Å². The van der Waals surface area contributed by atoms with Crippen LogP contribution in [0, 0.1) is 0 Å². The third kappa shape index (κ3) is 15.9. The molecule has 6 N–H and O–H groups in total. The molecule has 2 aliphatic rings. The number of rotatable bonds is 26. The van der Waals surface area contributed by atoms with Gasteiger partial charge in [-0.3, -0.25) is 28.3 Å². The number of aliphatic hydroxyl groups excluding tert-OH is 2. The van der Waals surface area contributed by atoms with Gasteiger partial charge in [-0.05, 0) is 18.2 Å². The van der Waals surface area contributed by atoms with Crippen LogP contribution < -0.4 is 5.73 Å². The smallest absolute Gasteiger partial charge is 0.462 e. The van der Waals surface area contributed by atoms with Crippen molar-refractivity contribution in [3.63, 3.8) is 0 Å². The number of carbonyl (C=O) groups is 4. The predicted octanol–water partition coefficient (Wildman–Crippen LogP) is 3.50. The quantitative estimate of drug-likeness (QED) is 0.0390. The van der Waals surface area contributed by atoms with Crippen molar-refractivity contribution in [2.24, 2.45) is 0 Å². The lowest BCUT2D eigenvalue weighted by Gasteiger charge is -2.45. The molecule has 4 heterocycles. The molecule has 2 aromatic heterocycles. The van der Waals surface area contributed by atoms with Gasteiger partial charge in [0.2, 0.25) is 6.29 Å². The van der Waals surface area contributed by atoms with Crippen molar-refractivity contribution in [2.45, 2.75) is 166 Å². The Morgan fingerprint density at radius 3 is 2.05 bits per heavy atom. The van der Waals surface area contributed by atoms with Gasteiger partial charge in [-0.2, -0.15) is 0 Å². The van der Waals surface area contributed by atoms with E-state index >= 15 is 4.39 Å². The van der Waals surface area contributed by atoms with Gasteiger partial charge in [-0.25, -0.2) is 28.2 Å². The number of phosphoric ester groups is 1. The van der Waals surface area contributed by atoms with E-state index in [-0.39, 0.29) is 23.4 Å². The number of nitrogens with two attached hydrogens (primary N) is 1. The minimum Gasteiger partial charge on any atom is -0.462 e. The molecule has 7 unspecified atom stereocenters. The number of aromatic nitrogens is 4. The van der Waals surface area contributed by atoms with Gasteiger partial charge in [0.1, 0.15) is 42.9 Å². The number of nitrogen functional groups attached to an aromatic ring is 1. The zero-order valence-electron chi connectivity index (χ0n) is 35.9. The number of phosphoric acid groups is 1. The second kappa shape index (κ2) is 25.0. The number of nitrogens with zero attached hydrogens (tertiary/aromatic N) is 4. The van der Waals surface area contributed by atoms with Gasteiger partial charge in [-0.15, -0.1) is 0 Å². The fraction of sp³-hybridized carbons (Fsp3) is 0.757. The lowest BCUT2D eigenvalue weighted by atomic mass is 9.95. The first-order valence-corrected chi connectivity index (χ1v) is 24.9. The number of carbonyl (C=O) groups excluding carboxylic acids is 4. The number of halogens is 1. The first-order chi connectivity index (χ1) is 30.2. The molecule has 64 heavy (non-hydrogen) atoms. The number of ether oxygens (including phenoxy) is 6. The molecule has 0 amide bonds. The van der Waals surface area contributed by atoms with Crippen molar-refractivity contribution in [3.05, 3.63) is 12.7 Å². The summed E-state index contributed by atoms with van der Waals surface area (Å²) in [4.78, 5) is 82.9. The van der Waals surface area contributed by atoms with Crippen molar-refractivity contribution >= 4 is 67.2 Å². The van der Waals surface area contributed by atoms with E-state index in [1.165, 1.54) is 43.0 Å². The molecule has 2 fully saturated rings. The van der Waals surface area contributed by atoms with Crippen molar-refractivity contribution in [3.8, 4) is 0 Å². The molecule has 362 valence electrons. The third-order valence-electron chi connectivity index (χ3n) is 10.0. The van der Waals surface area contributed by atoms with E-state index in [0.717, 1.165) is 59.2 Å². The summed E-state index contributed by atoms with van der Waals surface area (Å²) >= 11 is 4.90. The maximum Gasteiger partial charge on any atom is 0.481 e. The molecule has 2 aliphatic heterocycles. The molecular formula is C37H58FN5O18P2S. The van der Waals surface area contributed by atoms with Crippen LogP contribution in [0.5, 0.6) is 0 Å². The highest BCUT2D eigenvalue weighted by Crippen LogP contribution is 2.62. The second-order valence-corrected chi connectivity index (χ2v) is 19.6. The van der Waals surface area contributed by atoms with Crippen LogP contribution in [0.4, 0.5) is 10.2 Å². The molecule has 0 aliphatic carbocycles. The Bertz CT molecular complexity index is 1970. The van der Waals surface area contributed by atoms with Gasteiger partial charge in [0, 0.05) is 27.2 Å². The van der Waals surface area contributed by atoms with Gasteiger partial charge >= 0.3 is 38.4 Å². The van der Waals surface area contributed by atoms with E-state index in [1.807, 2.05) is 0 Å². The number of hydrogen-bond donors (Lipinski definition) is 5. The van der Waals surface area contributed by atoms with Crippen LogP contribution in [0.1, 0.15) is 111 Å². The molecule has 2 aromatic rings. The van der Waals surface area contributed by atoms with Gasteiger partial charge < -0.3 is 58.7 Å². The number of aliphatic hydroxyl groups is 2. The van der Waals surface area contributed by atoms with E-state index < -0.39 is 113 Å². The second-order valence-electron chi connectivity index (χ2n) is 15.2. The highest BCUT2D eigenvalue weighted by molar-refractivity contribution is 8.08. The Labute approximate surface area is 373 Å². The molecule has 0 aromatic carbocycles. The standard InChI is InChI=1S/C37H58FN5O18P2S/c1-5-6-7-8-9-10-11-12-13-14-15-16-26(47)53-17-24(38)30-31(55-21(2)44)32(56-22(3)45)33(57-23(4)46)37(59-30)60-62(50,51)61-63(52,64)54-18-25-28(48)29(49)36(58-25)43-20-42-27-34(39)40-19-41-35(27)43/h19-20,24-25,28-33,36-37,48-49H,5-18H2,1-4H3,(H,50,51)(H,52,64)(H2,39,40,41)/t24-,25+,28-,29+,30?,31?,32?,33?,36+,37?,63?/m0/s1. The third-order valence-corrected chi connectivity index (χ3v) is 13.5. The summed E-state index contributed by atoms with van der Waals surface area (Å²) in [6, 6.07) is 0. The van der Waals surface area contributed by atoms with E-state index in [1.54, 1.807) is 0 Å². The fourth-order valence-electron chi connectivity index (χ4n) is 7.08. The summed E-state index contributed by atoms with van der Waals surface area (Å²) in [5, 5.41) is 21.5. The number of esters is 4. The number of fused-ring (bicyclic) bond motifs is 1. The number of hydrogen-bond acceptors (Lipinski definition) is 21. The zero-order chi connectivity index (χ0) is 47.2. The Kier molecular flexibility index (Phi) is 20.8. The minimum atomic E-state index is -5.76. The first kappa shape index (κ1) is 53.3. The molecule has 0 spiro atoms. The molecule has 0 bridgehead atoms. The average molecular weight is 974 g/mol. The maximum absolute atomic E-state index is 16.1.